The Morgan fingerprint density at radius 2 is 1.75 bits per heavy atom. The topological polar surface area (TPSA) is 78.4 Å². The molecule has 2 amide bonds. The molecule has 24 heavy (non-hydrogen) atoms. The van der Waals surface area contributed by atoms with Crippen LogP contribution in [-0.2, 0) is 22.6 Å². The SMILES string of the molecule is Cc1ccc(CO)cc1NC(=O)C(=O)NCCCc1ccccc1. The van der Waals surface area contributed by atoms with Gasteiger partial charge in [0.1, 0.15) is 0 Å². The van der Waals surface area contributed by atoms with E-state index in [4.69, 9.17) is 5.11 Å². The van der Waals surface area contributed by atoms with E-state index in [1.54, 1.807) is 18.2 Å². The highest BCUT2D eigenvalue weighted by Gasteiger charge is 2.14. The van der Waals surface area contributed by atoms with Crippen molar-refractivity contribution in [3.05, 3.63) is 65.2 Å². The molecule has 0 heterocycles. The van der Waals surface area contributed by atoms with Gasteiger partial charge in [-0.3, -0.25) is 9.59 Å². The maximum Gasteiger partial charge on any atom is 0.313 e. The molecule has 0 aliphatic heterocycles. The molecule has 0 saturated heterocycles. The molecule has 0 aromatic heterocycles. The van der Waals surface area contributed by atoms with Crippen molar-refractivity contribution in [3.63, 3.8) is 0 Å². The fourth-order valence-corrected chi connectivity index (χ4v) is 2.30. The van der Waals surface area contributed by atoms with Crippen molar-refractivity contribution < 1.29 is 14.7 Å². The average molecular weight is 326 g/mol. The van der Waals surface area contributed by atoms with Gasteiger partial charge in [-0.25, -0.2) is 0 Å². The van der Waals surface area contributed by atoms with E-state index in [0.717, 1.165) is 18.4 Å². The Hall–Kier alpha value is -2.66. The van der Waals surface area contributed by atoms with E-state index in [2.05, 4.69) is 10.6 Å². The monoisotopic (exact) mass is 326 g/mol. The van der Waals surface area contributed by atoms with Gasteiger partial charge in [-0.05, 0) is 42.5 Å². The Kier molecular flexibility index (Phi) is 6.51. The van der Waals surface area contributed by atoms with E-state index in [9.17, 15) is 9.59 Å². The molecule has 0 fully saturated rings. The van der Waals surface area contributed by atoms with Crippen molar-refractivity contribution in [1.29, 1.82) is 0 Å². The number of aryl methyl sites for hydroxylation is 2. The van der Waals surface area contributed by atoms with Crippen LogP contribution in [0.4, 0.5) is 5.69 Å². The Balaban J connectivity index is 1.79. The Labute approximate surface area is 141 Å². The summed E-state index contributed by atoms with van der Waals surface area (Å²) in [6.45, 7) is 2.15. The number of rotatable bonds is 6. The van der Waals surface area contributed by atoms with Crippen LogP contribution < -0.4 is 10.6 Å². The van der Waals surface area contributed by atoms with E-state index in [1.165, 1.54) is 5.56 Å². The van der Waals surface area contributed by atoms with Crippen LogP contribution in [0.5, 0.6) is 0 Å². The lowest BCUT2D eigenvalue weighted by Gasteiger charge is -2.10. The second kappa shape index (κ2) is 8.84. The molecule has 3 N–H and O–H groups in total. The minimum atomic E-state index is -0.701. The van der Waals surface area contributed by atoms with Gasteiger partial charge in [0.05, 0.1) is 6.61 Å². The molecule has 2 rings (SSSR count). The molecule has 0 radical (unpaired) electrons. The number of nitrogens with one attached hydrogen (secondary N) is 2. The largest absolute Gasteiger partial charge is 0.392 e. The van der Waals surface area contributed by atoms with Crippen LogP contribution in [0.2, 0.25) is 0 Å². The van der Waals surface area contributed by atoms with Crippen molar-refractivity contribution in [2.24, 2.45) is 0 Å². The first kappa shape index (κ1) is 17.7. The van der Waals surface area contributed by atoms with Crippen molar-refractivity contribution >= 4 is 17.5 Å². The predicted octanol–water partition coefficient (Wildman–Crippen LogP) is 2.17. The van der Waals surface area contributed by atoms with Gasteiger partial charge in [0.25, 0.3) is 0 Å². The Morgan fingerprint density at radius 3 is 2.46 bits per heavy atom. The zero-order valence-corrected chi connectivity index (χ0v) is 13.7. The Bertz CT molecular complexity index is 699. The molecule has 0 unspecified atom stereocenters. The molecule has 0 spiro atoms. The smallest absolute Gasteiger partial charge is 0.313 e. The summed E-state index contributed by atoms with van der Waals surface area (Å²) in [6.07, 6.45) is 1.61. The molecule has 2 aromatic carbocycles. The van der Waals surface area contributed by atoms with Gasteiger partial charge in [-0.2, -0.15) is 0 Å². The summed E-state index contributed by atoms with van der Waals surface area (Å²) in [5.41, 5.74) is 3.25. The standard InChI is InChI=1S/C19H22N2O3/c1-14-9-10-16(13-22)12-17(14)21-19(24)18(23)20-11-5-8-15-6-3-2-4-7-15/h2-4,6-7,9-10,12,22H,5,8,11,13H2,1H3,(H,20,23)(H,21,24). The highest BCUT2D eigenvalue weighted by molar-refractivity contribution is 6.39. The minimum absolute atomic E-state index is 0.116. The lowest BCUT2D eigenvalue weighted by Crippen LogP contribution is -2.36. The maximum atomic E-state index is 11.9. The summed E-state index contributed by atoms with van der Waals surface area (Å²) >= 11 is 0. The number of amides is 2. The van der Waals surface area contributed by atoms with Crippen LogP contribution in [0.1, 0.15) is 23.1 Å². The molecule has 126 valence electrons. The van der Waals surface area contributed by atoms with Gasteiger partial charge < -0.3 is 15.7 Å². The highest BCUT2D eigenvalue weighted by Crippen LogP contribution is 2.16. The first-order valence-electron chi connectivity index (χ1n) is 7.93. The number of carbonyl (C=O) groups excluding carboxylic acids is 2. The number of benzene rings is 2. The quantitative estimate of drug-likeness (QED) is 0.562. The third-order valence-electron chi connectivity index (χ3n) is 3.71. The second-order valence-electron chi connectivity index (χ2n) is 5.61. The van der Waals surface area contributed by atoms with Crippen LogP contribution in [0.3, 0.4) is 0 Å². The third kappa shape index (κ3) is 5.21. The van der Waals surface area contributed by atoms with E-state index < -0.39 is 11.8 Å². The van der Waals surface area contributed by atoms with Gasteiger partial charge in [0.15, 0.2) is 0 Å². The first-order valence-corrected chi connectivity index (χ1v) is 7.93. The molecular weight excluding hydrogens is 304 g/mol. The van der Waals surface area contributed by atoms with Gasteiger partial charge in [0.2, 0.25) is 0 Å². The van der Waals surface area contributed by atoms with E-state index in [0.29, 0.717) is 17.8 Å². The number of aliphatic hydroxyl groups is 1. The number of carbonyl (C=O) groups is 2. The van der Waals surface area contributed by atoms with Crippen molar-refractivity contribution in [2.75, 3.05) is 11.9 Å². The van der Waals surface area contributed by atoms with Gasteiger partial charge in [-0.1, -0.05) is 42.5 Å². The molecule has 0 aliphatic rings. The number of anilines is 1. The van der Waals surface area contributed by atoms with Crippen LogP contribution in [0.15, 0.2) is 48.5 Å². The third-order valence-corrected chi connectivity index (χ3v) is 3.71. The zero-order valence-electron chi connectivity index (χ0n) is 13.7. The van der Waals surface area contributed by atoms with E-state index in [1.807, 2.05) is 37.3 Å². The first-order chi connectivity index (χ1) is 11.6. The van der Waals surface area contributed by atoms with Crippen LogP contribution >= 0.6 is 0 Å². The molecular formula is C19H22N2O3. The molecule has 0 aliphatic carbocycles. The molecule has 0 atom stereocenters. The summed E-state index contributed by atoms with van der Waals surface area (Å²) in [4.78, 5) is 23.8. The Morgan fingerprint density at radius 1 is 1.00 bits per heavy atom. The summed E-state index contributed by atoms with van der Waals surface area (Å²) in [6, 6.07) is 15.2. The fraction of sp³-hybridized carbons (Fsp3) is 0.263. The van der Waals surface area contributed by atoms with Crippen LogP contribution in [-0.4, -0.2) is 23.5 Å². The van der Waals surface area contributed by atoms with Gasteiger partial charge in [-0.15, -0.1) is 0 Å². The molecule has 0 bridgehead atoms. The normalized spacial score (nSPS) is 10.2. The zero-order chi connectivity index (χ0) is 17.4. The maximum absolute atomic E-state index is 11.9. The average Bonchev–Trinajstić information content (AvgIpc) is 2.61. The fourth-order valence-electron chi connectivity index (χ4n) is 2.30. The lowest BCUT2D eigenvalue weighted by atomic mass is 10.1. The van der Waals surface area contributed by atoms with Crippen LogP contribution in [0.25, 0.3) is 0 Å². The van der Waals surface area contributed by atoms with Gasteiger partial charge in [0, 0.05) is 12.2 Å². The lowest BCUT2D eigenvalue weighted by molar-refractivity contribution is -0.136. The number of hydrogen-bond acceptors (Lipinski definition) is 3. The highest BCUT2D eigenvalue weighted by atomic mass is 16.3. The molecule has 0 saturated carbocycles. The number of hydrogen-bond donors (Lipinski definition) is 3. The van der Waals surface area contributed by atoms with Crippen molar-refractivity contribution in [2.45, 2.75) is 26.4 Å². The summed E-state index contributed by atoms with van der Waals surface area (Å²) in [5, 5.41) is 14.3. The van der Waals surface area contributed by atoms with E-state index >= 15 is 0 Å². The number of aliphatic hydroxyl groups excluding tert-OH is 1. The summed E-state index contributed by atoms with van der Waals surface area (Å²) in [5.74, 6) is -1.36. The predicted molar refractivity (Wildman–Crippen MR) is 93.5 cm³/mol. The van der Waals surface area contributed by atoms with Crippen molar-refractivity contribution in [1.82, 2.24) is 5.32 Å². The van der Waals surface area contributed by atoms with Crippen LogP contribution in [0, 0.1) is 6.92 Å². The summed E-state index contributed by atoms with van der Waals surface area (Å²) < 4.78 is 0. The molecule has 5 heteroatoms. The van der Waals surface area contributed by atoms with Gasteiger partial charge >= 0.3 is 11.8 Å². The second-order valence-corrected chi connectivity index (χ2v) is 5.61. The van der Waals surface area contributed by atoms with Crippen molar-refractivity contribution in [3.8, 4) is 0 Å². The minimum Gasteiger partial charge on any atom is -0.392 e. The molecule has 5 nitrogen and oxygen atoms in total. The summed E-state index contributed by atoms with van der Waals surface area (Å²) in [7, 11) is 0. The van der Waals surface area contributed by atoms with E-state index in [-0.39, 0.29) is 6.61 Å². The molecule has 2 aromatic rings.